The number of benzene rings is 2. The second-order valence-corrected chi connectivity index (χ2v) is 5.29. The van der Waals surface area contributed by atoms with Crippen molar-refractivity contribution < 1.29 is 9.84 Å². The number of aliphatic hydroxyl groups excluding tert-OH is 1. The van der Waals surface area contributed by atoms with Gasteiger partial charge in [-0.1, -0.05) is 18.2 Å². The van der Waals surface area contributed by atoms with Crippen LogP contribution in [0.15, 0.2) is 60.8 Å². The summed E-state index contributed by atoms with van der Waals surface area (Å²) in [4.78, 5) is 0. The van der Waals surface area contributed by atoms with E-state index in [4.69, 9.17) is 4.74 Å². The molecular formula is C18H21ClN2O2. The molecule has 23 heavy (non-hydrogen) atoms. The first-order valence-electron chi connectivity index (χ1n) is 7.36. The summed E-state index contributed by atoms with van der Waals surface area (Å²) in [6.07, 6.45) is 1.55. The zero-order chi connectivity index (χ0) is 15.4. The average molecular weight is 333 g/mol. The van der Waals surface area contributed by atoms with Gasteiger partial charge in [0.2, 0.25) is 0 Å². The van der Waals surface area contributed by atoms with Crippen molar-refractivity contribution in [1.82, 2.24) is 4.57 Å². The van der Waals surface area contributed by atoms with Crippen LogP contribution in [0.25, 0.3) is 10.9 Å². The lowest BCUT2D eigenvalue weighted by Gasteiger charge is -2.14. The molecule has 0 aliphatic heterocycles. The summed E-state index contributed by atoms with van der Waals surface area (Å²) in [5.41, 5.74) is 2.11. The van der Waals surface area contributed by atoms with Crippen LogP contribution in [0, 0.1) is 0 Å². The Kier molecular flexibility index (Phi) is 5.90. The van der Waals surface area contributed by atoms with E-state index in [9.17, 15) is 5.11 Å². The molecule has 0 fully saturated rings. The molecule has 1 heterocycles. The fourth-order valence-electron chi connectivity index (χ4n) is 2.54. The topological polar surface area (TPSA) is 46.4 Å². The van der Waals surface area contributed by atoms with Crippen molar-refractivity contribution in [3.8, 4) is 5.75 Å². The predicted molar refractivity (Wildman–Crippen MR) is 96.7 cm³/mol. The number of hydrogen-bond acceptors (Lipinski definition) is 3. The molecule has 1 atom stereocenters. The molecule has 3 aromatic rings. The minimum atomic E-state index is -0.460. The van der Waals surface area contributed by atoms with Crippen molar-refractivity contribution in [2.75, 3.05) is 19.0 Å². The Balaban J connectivity index is 0.00000192. The first-order chi connectivity index (χ1) is 10.8. The molecule has 3 rings (SSSR count). The zero-order valence-corrected chi connectivity index (χ0v) is 13.8. The Hall–Kier alpha value is -2.17. The summed E-state index contributed by atoms with van der Waals surface area (Å²) >= 11 is 0. The van der Waals surface area contributed by atoms with Crippen LogP contribution in [-0.4, -0.2) is 29.4 Å². The number of fused-ring (bicyclic) bond motifs is 1. The minimum Gasteiger partial charge on any atom is -0.497 e. The Labute approximate surface area is 142 Å². The number of para-hydroxylation sites is 1. The molecule has 0 radical (unpaired) electrons. The van der Waals surface area contributed by atoms with Gasteiger partial charge in [-0.3, -0.25) is 0 Å². The molecular weight excluding hydrogens is 312 g/mol. The molecule has 0 aliphatic rings. The Morgan fingerprint density at radius 3 is 2.57 bits per heavy atom. The zero-order valence-electron chi connectivity index (χ0n) is 13.0. The van der Waals surface area contributed by atoms with Gasteiger partial charge in [0.25, 0.3) is 0 Å². The molecule has 0 aliphatic carbocycles. The highest BCUT2D eigenvalue weighted by atomic mass is 35.5. The number of methoxy groups -OCH3 is 1. The van der Waals surface area contributed by atoms with E-state index in [2.05, 4.69) is 28.1 Å². The molecule has 5 heteroatoms. The van der Waals surface area contributed by atoms with Crippen molar-refractivity contribution >= 4 is 29.0 Å². The van der Waals surface area contributed by atoms with E-state index in [1.807, 2.05) is 42.6 Å². The van der Waals surface area contributed by atoms with E-state index >= 15 is 0 Å². The second-order valence-electron chi connectivity index (χ2n) is 5.29. The monoisotopic (exact) mass is 332 g/mol. The van der Waals surface area contributed by atoms with E-state index in [-0.39, 0.29) is 12.4 Å². The van der Waals surface area contributed by atoms with Crippen LogP contribution in [0.4, 0.5) is 5.69 Å². The van der Waals surface area contributed by atoms with Gasteiger partial charge in [-0.25, -0.2) is 0 Å². The van der Waals surface area contributed by atoms with Crippen LogP contribution >= 0.6 is 12.4 Å². The number of halogens is 1. The summed E-state index contributed by atoms with van der Waals surface area (Å²) in [5, 5.41) is 14.7. The average Bonchev–Trinajstić information content (AvgIpc) is 2.97. The van der Waals surface area contributed by atoms with Crippen LogP contribution < -0.4 is 10.1 Å². The fraction of sp³-hybridized carbons (Fsp3) is 0.222. The molecule has 1 unspecified atom stereocenters. The third-order valence-corrected chi connectivity index (χ3v) is 3.72. The van der Waals surface area contributed by atoms with Crippen molar-refractivity contribution in [2.45, 2.75) is 12.6 Å². The standard InChI is InChI=1S/C18H20N2O2.ClH/c1-22-17-8-6-15(7-9-17)19-12-16(21)13-20-11-10-14-4-2-3-5-18(14)20;/h2-11,16,19,21H,12-13H2,1H3;1H. The molecule has 0 amide bonds. The number of hydrogen-bond donors (Lipinski definition) is 2. The van der Waals surface area contributed by atoms with Crippen molar-refractivity contribution in [3.63, 3.8) is 0 Å². The summed E-state index contributed by atoms with van der Waals surface area (Å²) in [6.45, 7) is 1.06. The highest BCUT2D eigenvalue weighted by Crippen LogP contribution is 2.17. The lowest BCUT2D eigenvalue weighted by atomic mass is 10.2. The van der Waals surface area contributed by atoms with Gasteiger partial charge in [0.1, 0.15) is 5.75 Å². The number of aromatic nitrogens is 1. The molecule has 0 saturated carbocycles. The molecule has 4 nitrogen and oxygen atoms in total. The maximum atomic E-state index is 10.2. The van der Waals surface area contributed by atoms with Crippen LogP contribution in [-0.2, 0) is 6.54 Å². The minimum absolute atomic E-state index is 0. The van der Waals surface area contributed by atoms with E-state index in [0.29, 0.717) is 13.1 Å². The predicted octanol–water partition coefficient (Wildman–Crippen LogP) is 3.54. The third kappa shape index (κ3) is 4.18. The lowest BCUT2D eigenvalue weighted by Crippen LogP contribution is -2.24. The van der Waals surface area contributed by atoms with Crippen molar-refractivity contribution in [1.29, 1.82) is 0 Å². The SMILES string of the molecule is COc1ccc(NCC(O)Cn2ccc3ccccc32)cc1.Cl. The maximum Gasteiger partial charge on any atom is 0.119 e. The maximum absolute atomic E-state index is 10.2. The molecule has 2 N–H and O–H groups in total. The van der Waals surface area contributed by atoms with Crippen LogP contribution in [0.5, 0.6) is 5.75 Å². The van der Waals surface area contributed by atoms with Crippen molar-refractivity contribution in [3.05, 3.63) is 60.8 Å². The fourth-order valence-corrected chi connectivity index (χ4v) is 2.54. The Bertz CT molecular complexity index is 740. The molecule has 2 aromatic carbocycles. The molecule has 0 spiro atoms. The first-order valence-corrected chi connectivity index (χ1v) is 7.36. The largest absolute Gasteiger partial charge is 0.497 e. The van der Waals surface area contributed by atoms with Crippen molar-refractivity contribution in [2.24, 2.45) is 0 Å². The van der Waals surface area contributed by atoms with Gasteiger partial charge < -0.3 is 19.7 Å². The van der Waals surface area contributed by atoms with Gasteiger partial charge >= 0.3 is 0 Å². The number of anilines is 1. The number of nitrogens with one attached hydrogen (secondary N) is 1. The lowest BCUT2D eigenvalue weighted by molar-refractivity contribution is 0.168. The van der Waals surface area contributed by atoms with Gasteiger partial charge in [0, 0.05) is 23.9 Å². The Morgan fingerprint density at radius 2 is 1.83 bits per heavy atom. The van der Waals surface area contributed by atoms with E-state index in [0.717, 1.165) is 17.0 Å². The summed E-state index contributed by atoms with van der Waals surface area (Å²) < 4.78 is 7.20. The van der Waals surface area contributed by atoms with Crippen LogP contribution in [0.2, 0.25) is 0 Å². The second kappa shape index (κ2) is 7.90. The van der Waals surface area contributed by atoms with Crippen LogP contribution in [0.3, 0.4) is 0 Å². The highest BCUT2D eigenvalue weighted by Gasteiger charge is 2.07. The molecule has 122 valence electrons. The summed E-state index contributed by atoms with van der Waals surface area (Å²) in [5.74, 6) is 0.824. The quantitative estimate of drug-likeness (QED) is 0.725. The van der Waals surface area contributed by atoms with Gasteiger partial charge in [-0.05, 0) is 41.8 Å². The van der Waals surface area contributed by atoms with Gasteiger partial charge in [-0.2, -0.15) is 0 Å². The smallest absolute Gasteiger partial charge is 0.119 e. The number of ether oxygens (including phenoxy) is 1. The number of rotatable bonds is 6. The van der Waals surface area contributed by atoms with E-state index in [1.54, 1.807) is 7.11 Å². The first kappa shape index (κ1) is 17.2. The Morgan fingerprint density at radius 1 is 1.09 bits per heavy atom. The molecule has 1 aromatic heterocycles. The van der Waals surface area contributed by atoms with Crippen LogP contribution in [0.1, 0.15) is 0 Å². The summed E-state index contributed by atoms with van der Waals surface area (Å²) in [7, 11) is 1.65. The van der Waals surface area contributed by atoms with E-state index in [1.165, 1.54) is 5.39 Å². The van der Waals surface area contributed by atoms with Gasteiger partial charge in [-0.15, -0.1) is 12.4 Å². The van der Waals surface area contributed by atoms with Gasteiger partial charge in [0.15, 0.2) is 0 Å². The summed E-state index contributed by atoms with van der Waals surface area (Å²) in [6, 6.07) is 17.9. The third-order valence-electron chi connectivity index (χ3n) is 3.72. The van der Waals surface area contributed by atoms with Gasteiger partial charge in [0.05, 0.1) is 19.8 Å². The molecule has 0 bridgehead atoms. The number of nitrogens with zero attached hydrogens (tertiary/aromatic N) is 1. The molecule has 0 saturated heterocycles. The van der Waals surface area contributed by atoms with E-state index < -0.39 is 6.10 Å². The normalized spacial score (nSPS) is 11.7. The highest BCUT2D eigenvalue weighted by molar-refractivity contribution is 5.85. The number of aliphatic hydroxyl groups is 1.